The third-order valence-electron chi connectivity index (χ3n) is 2.81. The third kappa shape index (κ3) is 5.52. The highest BCUT2D eigenvalue weighted by molar-refractivity contribution is 5.88. The Hall–Kier alpha value is -1.69. The molecule has 1 rings (SSSR count). The Morgan fingerprint density at radius 2 is 1.95 bits per heavy atom. The Balaban J connectivity index is 2.46. The van der Waals surface area contributed by atoms with E-state index in [-0.39, 0.29) is 24.0 Å². The molecule has 1 unspecified atom stereocenters. The zero-order valence-electron chi connectivity index (χ0n) is 12.6. The van der Waals surface area contributed by atoms with E-state index in [1.165, 1.54) is 0 Å². The number of aliphatic hydroxyl groups is 1. The Kier molecular flexibility index (Phi) is 5.88. The number of hydrogen-bond donors (Lipinski definition) is 3. The average molecular weight is 280 g/mol. The Labute approximate surface area is 120 Å². The van der Waals surface area contributed by atoms with Gasteiger partial charge in [0.15, 0.2) is 0 Å². The molecule has 0 spiro atoms. The van der Waals surface area contributed by atoms with E-state index in [0.29, 0.717) is 18.7 Å². The molecule has 0 aliphatic carbocycles. The number of rotatable bonds is 5. The Bertz CT molecular complexity index is 426. The maximum absolute atomic E-state index is 11.7. The summed E-state index contributed by atoms with van der Waals surface area (Å²) < 4.78 is 0. The number of carbonyl (C=O) groups excluding carboxylic acids is 1. The molecule has 0 aromatic carbocycles. The van der Waals surface area contributed by atoms with Gasteiger partial charge < -0.3 is 15.7 Å². The van der Waals surface area contributed by atoms with Crippen molar-refractivity contribution >= 4 is 11.7 Å². The molecule has 0 aliphatic heterocycles. The van der Waals surface area contributed by atoms with Crippen LogP contribution in [0.2, 0.25) is 0 Å². The number of hydrogen-bond acceptors (Lipinski definition) is 4. The number of urea groups is 1. The van der Waals surface area contributed by atoms with E-state index >= 15 is 0 Å². The summed E-state index contributed by atoms with van der Waals surface area (Å²) in [6, 6.07) is -0.290. The summed E-state index contributed by atoms with van der Waals surface area (Å²) >= 11 is 0. The van der Waals surface area contributed by atoms with Gasteiger partial charge >= 0.3 is 6.03 Å². The highest BCUT2D eigenvalue weighted by Crippen LogP contribution is 2.18. The lowest BCUT2D eigenvalue weighted by Gasteiger charge is -2.16. The summed E-state index contributed by atoms with van der Waals surface area (Å²) in [7, 11) is 0. The molecule has 1 atom stereocenters. The van der Waals surface area contributed by atoms with E-state index in [2.05, 4.69) is 20.6 Å². The van der Waals surface area contributed by atoms with Crippen molar-refractivity contribution in [2.24, 2.45) is 5.92 Å². The minimum atomic E-state index is -0.290. The summed E-state index contributed by atoms with van der Waals surface area (Å²) in [5.41, 5.74) is 0.450. The van der Waals surface area contributed by atoms with Crippen LogP contribution in [0, 0.1) is 5.92 Å². The standard InChI is InChI=1S/C14H24N4O2/c1-10(5-6-19)7-17-13(20)18-11-8-15-12(16-9-11)14(2,3)4/h8-10,19H,5-7H2,1-4H3,(H2,17,18,20). The molecule has 0 radical (unpaired) electrons. The van der Waals surface area contributed by atoms with Crippen molar-refractivity contribution in [2.45, 2.75) is 39.5 Å². The van der Waals surface area contributed by atoms with Gasteiger partial charge in [0.25, 0.3) is 0 Å². The molecule has 0 saturated heterocycles. The van der Waals surface area contributed by atoms with Crippen molar-refractivity contribution < 1.29 is 9.90 Å². The van der Waals surface area contributed by atoms with E-state index in [9.17, 15) is 4.79 Å². The van der Waals surface area contributed by atoms with Gasteiger partial charge in [-0.1, -0.05) is 27.7 Å². The summed E-state index contributed by atoms with van der Waals surface area (Å²) in [6.45, 7) is 8.72. The Morgan fingerprint density at radius 1 is 1.35 bits per heavy atom. The van der Waals surface area contributed by atoms with Crippen molar-refractivity contribution in [3.63, 3.8) is 0 Å². The second kappa shape index (κ2) is 7.19. The summed E-state index contributed by atoms with van der Waals surface area (Å²) in [5, 5.41) is 14.2. The van der Waals surface area contributed by atoms with Gasteiger partial charge in [0.05, 0.1) is 18.1 Å². The summed E-state index contributed by atoms with van der Waals surface area (Å²) in [4.78, 5) is 20.1. The van der Waals surface area contributed by atoms with E-state index in [0.717, 1.165) is 5.82 Å². The molecule has 0 bridgehead atoms. The quantitative estimate of drug-likeness (QED) is 0.769. The molecule has 0 fully saturated rings. The lowest BCUT2D eigenvalue weighted by atomic mass is 9.96. The van der Waals surface area contributed by atoms with Crippen LogP contribution in [-0.2, 0) is 5.41 Å². The van der Waals surface area contributed by atoms with Crippen LogP contribution in [0.1, 0.15) is 39.9 Å². The number of nitrogens with one attached hydrogen (secondary N) is 2. The predicted octanol–water partition coefficient (Wildman–Crippen LogP) is 1.91. The number of aliphatic hydroxyl groups excluding tert-OH is 1. The monoisotopic (exact) mass is 280 g/mol. The largest absolute Gasteiger partial charge is 0.396 e. The van der Waals surface area contributed by atoms with Crippen LogP contribution >= 0.6 is 0 Å². The number of carbonyl (C=O) groups is 1. The molecule has 6 nitrogen and oxygen atoms in total. The van der Waals surface area contributed by atoms with E-state index in [4.69, 9.17) is 5.11 Å². The van der Waals surface area contributed by atoms with Crippen molar-refractivity contribution in [3.8, 4) is 0 Å². The molecular formula is C14H24N4O2. The SMILES string of the molecule is CC(CCO)CNC(=O)Nc1cnc(C(C)(C)C)nc1. The smallest absolute Gasteiger partial charge is 0.319 e. The average Bonchev–Trinajstić information content (AvgIpc) is 2.36. The van der Waals surface area contributed by atoms with Gasteiger partial charge in [-0.25, -0.2) is 14.8 Å². The molecular weight excluding hydrogens is 256 g/mol. The highest BCUT2D eigenvalue weighted by Gasteiger charge is 2.16. The fraction of sp³-hybridized carbons (Fsp3) is 0.643. The molecule has 2 amide bonds. The van der Waals surface area contributed by atoms with Crippen LogP contribution in [0.3, 0.4) is 0 Å². The maximum Gasteiger partial charge on any atom is 0.319 e. The highest BCUT2D eigenvalue weighted by atomic mass is 16.3. The van der Waals surface area contributed by atoms with Gasteiger partial charge in [0.2, 0.25) is 0 Å². The van der Waals surface area contributed by atoms with Crippen molar-refractivity contribution in [1.82, 2.24) is 15.3 Å². The van der Waals surface area contributed by atoms with Crippen LogP contribution in [0.15, 0.2) is 12.4 Å². The lowest BCUT2D eigenvalue weighted by Crippen LogP contribution is -2.32. The van der Waals surface area contributed by atoms with Crippen molar-refractivity contribution in [2.75, 3.05) is 18.5 Å². The molecule has 0 aliphatic rings. The first-order valence-corrected chi connectivity index (χ1v) is 6.81. The molecule has 0 saturated carbocycles. The van der Waals surface area contributed by atoms with Gasteiger partial charge in [-0.3, -0.25) is 0 Å². The lowest BCUT2D eigenvalue weighted by molar-refractivity contribution is 0.243. The van der Waals surface area contributed by atoms with Crippen molar-refractivity contribution in [3.05, 3.63) is 18.2 Å². The number of aromatic nitrogens is 2. The number of nitrogens with zero attached hydrogens (tertiary/aromatic N) is 2. The minimum Gasteiger partial charge on any atom is -0.396 e. The first-order chi connectivity index (χ1) is 9.32. The summed E-state index contributed by atoms with van der Waals surface area (Å²) in [5.74, 6) is 0.977. The minimum absolute atomic E-state index is 0.111. The van der Waals surface area contributed by atoms with Crippen molar-refractivity contribution in [1.29, 1.82) is 0 Å². The normalized spacial score (nSPS) is 12.8. The van der Waals surface area contributed by atoms with Crippen LogP contribution in [0.5, 0.6) is 0 Å². The number of amides is 2. The predicted molar refractivity (Wildman–Crippen MR) is 78.6 cm³/mol. The van der Waals surface area contributed by atoms with Gasteiger partial charge in [-0.15, -0.1) is 0 Å². The molecule has 1 aromatic heterocycles. The first kappa shape index (κ1) is 16.4. The molecule has 1 aromatic rings. The second-order valence-electron chi connectivity index (χ2n) is 6.00. The van der Waals surface area contributed by atoms with E-state index in [1.807, 2.05) is 27.7 Å². The van der Waals surface area contributed by atoms with Gasteiger partial charge in [-0.2, -0.15) is 0 Å². The molecule has 112 valence electrons. The van der Waals surface area contributed by atoms with Gasteiger partial charge in [0.1, 0.15) is 5.82 Å². The van der Waals surface area contributed by atoms with Crippen LogP contribution in [0.25, 0.3) is 0 Å². The van der Waals surface area contributed by atoms with Gasteiger partial charge in [0, 0.05) is 18.6 Å². The summed E-state index contributed by atoms with van der Waals surface area (Å²) in [6.07, 6.45) is 3.87. The second-order valence-corrected chi connectivity index (χ2v) is 6.00. The fourth-order valence-corrected chi connectivity index (χ4v) is 1.54. The van der Waals surface area contributed by atoms with E-state index < -0.39 is 0 Å². The molecule has 3 N–H and O–H groups in total. The molecule has 20 heavy (non-hydrogen) atoms. The maximum atomic E-state index is 11.7. The topological polar surface area (TPSA) is 87.1 Å². The van der Waals surface area contributed by atoms with Crippen LogP contribution in [0.4, 0.5) is 10.5 Å². The zero-order valence-corrected chi connectivity index (χ0v) is 12.6. The number of anilines is 1. The van der Waals surface area contributed by atoms with Gasteiger partial charge in [-0.05, 0) is 12.3 Å². The van der Waals surface area contributed by atoms with Crippen LogP contribution in [-0.4, -0.2) is 34.3 Å². The molecule has 6 heteroatoms. The third-order valence-corrected chi connectivity index (χ3v) is 2.81. The molecule has 1 heterocycles. The zero-order chi connectivity index (χ0) is 15.2. The van der Waals surface area contributed by atoms with Crippen LogP contribution < -0.4 is 10.6 Å². The van der Waals surface area contributed by atoms with E-state index in [1.54, 1.807) is 12.4 Å². The Morgan fingerprint density at radius 3 is 2.45 bits per heavy atom. The fourth-order valence-electron chi connectivity index (χ4n) is 1.54. The first-order valence-electron chi connectivity index (χ1n) is 6.81.